The molecule has 1 aliphatic rings. The van der Waals surface area contributed by atoms with Crippen molar-refractivity contribution in [2.45, 2.75) is 38.0 Å². The smallest absolute Gasteiger partial charge is 0.380 e. The number of piperidine rings is 1. The monoisotopic (exact) mass is 331 g/mol. The lowest BCUT2D eigenvalue weighted by molar-refractivity contribution is -0.271. The summed E-state index contributed by atoms with van der Waals surface area (Å²) in [6.07, 6.45) is -1.61. The fraction of sp³-hybridized carbons (Fsp3) is 0.600. The molecule has 1 aromatic rings. The SMILES string of the molecule is Cc1cnccc1CCNC(=O)N1CCC(O)(C(F)(F)F)CC1. The number of carbonyl (C=O) groups excluding carboxylic acids is 1. The molecule has 0 bridgehead atoms. The van der Waals surface area contributed by atoms with Gasteiger partial charge in [-0.25, -0.2) is 4.79 Å². The normalized spacial score (nSPS) is 17.9. The predicted molar refractivity (Wildman–Crippen MR) is 77.9 cm³/mol. The third-order valence-electron chi connectivity index (χ3n) is 4.21. The average molecular weight is 331 g/mol. The Bertz CT molecular complexity index is 555. The van der Waals surface area contributed by atoms with Gasteiger partial charge in [0.25, 0.3) is 0 Å². The van der Waals surface area contributed by atoms with Gasteiger partial charge in [0.1, 0.15) is 0 Å². The van der Waals surface area contributed by atoms with Crippen LogP contribution in [0.2, 0.25) is 0 Å². The highest BCUT2D eigenvalue weighted by molar-refractivity contribution is 5.74. The van der Waals surface area contributed by atoms with Crippen molar-refractivity contribution in [3.8, 4) is 0 Å². The van der Waals surface area contributed by atoms with E-state index < -0.39 is 30.7 Å². The van der Waals surface area contributed by atoms with Gasteiger partial charge in [-0.15, -0.1) is 0 Å². The van der Waals surface area contributed by atoms with Crippen LogP contribution in [0, 0.1) is 6.92 Å². The van der Waals surface area contributed by atoms with E-state index in [1.165, 1.54) is 4.90 Å². The molecule has 0 aliphatic carbocycles. The number of hydrogen-bond acceptors (Lipinski definition) is 3. The van der Waals surface area contributed by atoms with Crippen molar-refractivity contribution in [1.82, 2.24) is 15.2 Å². The predicted octanol–water partition coefficient (Wildman–Crippen LogP) is 2.03. The molecule has 8 heteroatoms. The van der Waals surface area contributed by atoms with Gasteiger partial charge in [0.05, 0.1) is 0 Å². The molecule has 0 radical (unpaired) electrons. The lowest BCUT2D eigenvalue weighted by Crippen LogP contribution is -2.55. The fourth-order valence-corrected chi connectivity index (χ4v) is 2.56. The first kappa shape index (κ1) is 17.5. The van der Waals surface area contributed by atoms with Crippen LogP contribution in [0.25, 0.3) is 0 Å². The second-order valence-electron chi connectivity index (χ2n) is 5.80. The zero-order chi connectivity index (χ0) is 17.1. The van der Waals surface area contributed by atoms with Crippen molar-refractivity contribution in [3.63, 3.8) is 0 Å². The van der Waals surface area contributed by atoms with Gasteiger partial charge >= 0.3 is 12.2 Å². The lowest BCUT2D eigenvalue weighted by Gasteiger charge is -2.39. The highest BCUT2D eigenvalue weighted by Crippen LogP contribution is 2.38. The highest BCUT2D eigenvalue weighted by Gasteiger charge is 2.54. The second-order valence-corrected chi connectivity index (χ2v) is 5.80. The number of aromatic nitrogens is 1. The summed E-state index contributed by atoms with van der Waals surface area (Å²) < 4.78 is 38.1. The Labute approximate surface area is 132 Å². The van der Waals surface area contributed by atoms with Crippen LogP contribution in [0.15, 0.2) is 18.5 Å². The van der Waals surface area contributed by atoms with Gasteiger partial charge in [0.15, 0.2) is 5.60 Å². The third-order valence-corrected chi connectivity index (χ3v) is 4.21. The van der Waals surface area contributed by atoms with Crippen LogP contribution in [-0.2, 0) is 6.42 Å². The number of aliphatic hydroxyl groups is 1. The molecule has 0 saturated carbocycles. The van der Waals surface area contributed by atoms with E-state index in [1.807, 2.05) is 13.0 Å². The van der Waals surface area contributed by atoms with Crippen LogP contribution in [0.4, 0.5) is 18.0 Å². The summed E-state index contributed by atoms with van der Waals surface area (Å²) >= 11 is 0. The van der Waals surface area contributed by atoms with Gasteiger partial charge in [-0.1, -0.05) is 0 Å². The van der Waals surface area contributed by atoms with Crippen molar-refractivity contribution in [2.75, 3.05) is 19.6 Å². The number of nitrogens with zero attached hydrogens (tertiary/aromatic N) is 2. The number of amides is 2. The number of alkyl halides is 3. The number of carbonyl (C=O) groups is 1. The van der Waals surface area contributed by atoms with Crippen LogP contribution in [-0.4, -0.2) is 52.4 Å². The Balaban J connectivity index is 1.79. The van der Waals surface area contributed by atoms with Crippen molar-refractivity contribution in [3.05, 3.63) is 29.6 Å². The van der Waals surface area contributed by atoms with Gasteiger partial charge < -0.3 is 15.3 Å². The maximum atomic E-state index is 12.7. The first-order chi connectivity index (χ1) is 10.7. The number of urea groups is 1. The largest absolute Gasteiger partial charge is 0.417 e. The Morgan fingerprint density at radius 2 is 2.09 bits per heavy atom. The van der Waals surface area contributed by atoms with Crippen LogP contribution < -0.4 is 5.32 Å². The molecule has 1 aromatic heterocycles. The summed E-state index contributed by atoms with van der Waals surface area (Å²) in [6.45, 7) is 2.09. The van der Waals surface area contributed by atoms with Crippen LogP contribution in [0.1, 0.15) is 24.0 Å². The number of likely N-dealkylation sites (tertiary alicyclic amines) is 1. The van der Waals surface area contributed by atoms with E-state index >= 15 is 0 Å². The number of halogens is 3. The zero-order valence-corrected chi connectivity index (χ0v) is 12.9. The van der Waals surface area contributed by atoms with Crippen LogP contribution in [0.3, 0.4) is 0 Å². The van der Waals surface area contributed by atoms with E-state index in [9.17, 15) is 23.1 Å². The van der Waals surface area contributed by atoms with Crippen LogP contribution in [0.5, 0.6) is 0 Å². The number of rotatable bonds is 3. The number of aryl methyl sites for hydroxylation is 1. The Morgan fingerprint density at radius 1 is 1.43 bits per heavy atom. The molecule has 1 saturated heterocycles. The molecule has 0 atom stereocenters. The van der Waals surface area contributed by atoms with Crippen molar-refractivity contribution >= 4 is 6.03 Å². The van der Waals surface area contributed by atoms with E-state index in [0.29, 0.717) is 13.0 Å². The molecule has 23 heavy (non-hydrogen) atoms. The Kier molecular flexibility index (Phi) is 5.13. The Morgan fingerprint density at radius 3 is 2.65 bits per heavy atom. The molecule has 0 unspecified atom stereocenters. The fourth-order valence-electron chi connectivity index (χ4n) is 2.56. The van der Waals surface area contributed by atoms with Gasteiger partial charge in [-0.2, -0.15) is 13.2 Å². The van der Waals surface area contributed by atoms with Crippen molar-refractivity contribution in [1.29, 1.82) is 0 Å². The maximum Gasteiger partial charge on any atom is 0.417 e. The van der Waals surface area contributed by atoms with Crippen LogP contribution >= 0.6 is 0 Å². The molecule has 1 aliphatic heterocycles. The van der Waals surface area contributed by atoms with Crippen molar-refractivity contribution in [2.24, 2.45) is 0 Å². The van der Waals surface area contributed by atoms with E-state index in [-0.39, 0.29) is 13.1 Å². The molecular weight excluding hydrogens is 311 g/mol. The van der Waals surface area contributed by atoms with E-state index in [4.69, 9.17) is 0 Å². The molecule has 2 heterocycles. The van der Waals surface area contributed by atoms with Gasteiger partial charge in [-0.05, 0) is 30.5 Å². The quantitative estimate of drug-likeness (QED) is 0.891. The van der Waals surface area contributed by atoms with E-state index in [0.717, 1.165) is 11.1 Å². The molecule has 0 aromatic carbocycles. The zero-order valence-electron chi connectivity index (χ0n) is 12.9. The second kappa shape index (κ2) is 6.74. The molecule has 2 N–H and O–H groups in total. The van der Waals surface area contributed by atoms with Gasteiger partial charge in [0.2, 0.25) is 0 Å². The first-order valence-electron chi connectivity index (χ1n) is 7.44. The molecule has 2 amide bonds. The number of nitrogens with one attached hydrogen (secondary N) is 1. The standard InChI is InChI=1S/C15H20F3N3O2/c1-11-10-19-6-2-12(11)3-7-20-13(22)21-8-4-14(23,5-9-21)15(16,17)18/h2,6,10,23H,3-5,7-9H2,1H3,(H,20,22). The van der Waals surface area contributed by atoms with Gasteiger partial charge in [0, 0.05) is 44.9 Å². The minimum absolute atomic E-state index is 0.115. The maximum absolute atomic E-state index is 12.7. The molecular formula is C15H20F3N3O2. The van der Waals surface area contributed by atoms with Gasteiger partial charge in [-0.3, -0.25) is 4.98 Å². The average Bonchev–Trinajstić information content (AvgIpc) is 2.48. The van der Waals surface area contributed by atoms with E-state index in [2.05, 4.69) is 10.3 Å². The molecule has 1 fully saturated rings. The summed E-state index contributed by atoms with van der Waals surface area (Å²) in [7, 11) is 0. The minimum atomic E-state index is -4.66. The third kappa shape index (κ3) is 4.13. The Hall–Kier alpha value is -1.83. The molecule has 128 valence electrons. The number of hydrogen-bond donors (Lipinski definition) is 2. The van der Waals surface area contributed by atoms with Crippen molar-refractivity contribution < 1.29 is 23.1 Å². The minimum Gasteiger partial charge on any atom is -0.380 e. The summed E-state index contributed by atoms with van der Waals surface area (Å²) in [5, 5.41) is 12.3. The van der Waals surface area contributed by atoms with E-state index in [1.54, 1.807) is 12.4 Å². The summed E-state index contributed by atoms with van der Waals surface area (Å²) in [5.41, 5.74) is -0.599. The molecule has 2 rings (SSSR count). The highest BCUT2D eigenvalue weighted by atomic mass is 19.4. The summed E-state index contributed by atoms with van der Waals surface area (Å²) in [5.74, 6) is 0. The molecule has 5 nitrogen and oxygen atoms in total. The first-order valence-corrected chi connectivity index (χ1v) is 7.44. The number of pyridine rings is 1. The summed E-state index contributed by atoms with van der Waals surface area (Å²) in [6, 6.07) is 1.46. The topological polar surface area (TPSA) is 65.5 Å². The molecule has 0 spiro atoms. The lowest BCUT2D eigenvalue weighted by atomic mass is 9.91. The summed E-state index contributed by atoms with van der Waals surface area (Å²) in [4.78, 5) is 17.3.